The average Bonchev–Trinajstić information content (AvgIpc) is 2.54. The van der Waals surface area contributed by atoms with Crippen LogP contribution in [0.5, 0.6) is 0 Å². The van der Waals surface area contributed by atoms with Crippen molar-refractivity contribution < 1.29 is 14.3 Å². The summed E-state index contributed by atoms with van der Waals surface area (Å²) in [6.07, 6.45) is 1.82. The fourth-order valence-electron chi connectivity index (χ4n) is 1.12. The molecule has 1 rings (SSSR count). The zero-order valence-electron chi connectivity index (χ0n) is 8.62. The third kappa shape index (κ3) is 2.15. The molecule has 0 amide bonds. The Morgan fingerprint density at radius 1 is 1.47 bits per heavy atom. The minimum absolute atomic E-state index is 0.136. The van der Waals surface area contributed by atoms with E-state index in [1.165, 1.54) is 37.1 Å². The topological polar surface area (TPSA) is 69.4 Å². The van der Waals surface area contributed by atoms with Crippen molar-refractivity contribution in [3.63, 3.8) is 0 Å². The summed E-state index contributed by atoms with van der Waals surface area (Å²) < 4.78 is 5.33. The predicted octanol–water partition coefficient (Wildman–Crippen LogP) is 2.04. The molecule has 6 heteroatoms. The van der Waals surface area contributed by atoms with Crippen molar-refractivity contribution in [2.24, 2.45) is 0 Å². The number of esters is 1. The van der Waals surface area contributed by atoms with Gasteiger partial charge in [-0.2, -0.15) is 0 Å². The molecule has 0 aliphatic heterocycles. The lowest BCUT2D eigenvalue weighted by molar-refractivity contribution is 0.0599. The highest BCUT2D eigenvalue weighted by atomic mass is 32.2. The Hall–Kier alpha value is -1.01. The molecule has 0 fully saturated rings. The third-order valence-corrected chi connectivity index (χ3v) is 4.23. The van der Waals surface area contributed by atoms with E-state index >= 15 is 0 Å². The molecule has 0 saturated heterocycles. The van der Waals surface area contributed by atoms with Crippen LogP contribution < -0.4 is 5.73 Å². The molecule has 1 heterocycles. The Morgan fingerprint density at radius 2 is 2.07 bits per heavy atom. The first-order chi connectivity index (χ1) is 7.02. The number of ketones is 1. The number of anilines is 1. The maximum absolute atomic E-state index is 11.4. The number of nitrogen functional groups attached to an aromatic ring is 1. The molecule has 2 N–H and O–H groups in total. The Morgan fingerprint density at radius 3 is 2.47 bits per heavy atom. The van der Waals surface area contributed by atoms with E-state index in [4.69, 9.17) is 5.73 Å². The van der Waals surface area contributed by atoms with E-state index in [2.05, 4.69) is 4.74 Å². The maximum Gasteiger partial charge on any atom is 0.342 e. The molecule has 0 aliphatic rings. The van der Waals surface area contributed by atoms with E-state index in [1.807, 2.05) is 6.26 Å². The van der Waals surface area contributed by atoms with Crippen LogP contribution in [0.15, 0.2) is 4.21 Å². The first-order valence-corrected chi connectivity index (χ1v) is 6.12. The van der Waals surface area contributed by atoms with Gasteiger partial charge in [0.2, 0.25) is 0 Å². The van der Waals surface area contributed by atoms with E-state index in [9.17, 15) is 9.59 Å². The van der Waals surface area contributed by atoms with Gasteiger partial charge in [0, 0.05) is 6.92 Å². The van der Waals surface area contributed by atoms with Crippen LogP contribution in [0.3, 0.4) is 0 Å². The highest BCUT2D eigenvalue weighted by molar-refractivity contribution is 8.00. The van der Waals surface area contributed by atoms with Crippen molar-refractivity contribution in [2.75, 3.05) is 19.1 Å². The van der Waals surface area contributed by atoms with Crippen LogP contribution in [0.4, 0.5) is 5.69 Å². The molecular formula is C9H11NO3S2. The zero-order valence-corrected chi connectivity index (χ0v) is 10.3. The number of thiophene rings is 1. The van der Waals surface area contributed by atoms with Gasteiger partial charge in [-0.15, -0.1) is 23.1 Å². The van der Waals surface area contributed by atoms with Gasteiger partial charge in [0.1, 0.15) is 5.56 Å². The normalized spacial score (nSPS) is 10.1. The summed E-state index contributed by atoms with van der Waals surface area (Å²) in [5.41, 5.74) is 6.26. The van der Waals surface area contributed by atoms with Gasteiger partial charge in [0.25, 0.3) is 0 Å². The number of Topliss-reactive ketones (excluding diaryl/α,β-unsaturated/α-hetero) is 1. The van der Waals surface area contributed by atoms with Crippen LogP contribution in [-0.2, 0) is 4.74 Å². The van der Waals surface area contributed by atoms with E-state index in [-0.39, 0.29) is 11.5 Å². The van der Waals surface area contributed by atoms with Crippen molar-refractivity contribution in [3.8, 4) is 0 Å². The monoisotopic (exact) mass is 245 g/mol. The van der Waals surface area contributed by atoms with Crippen LogP contribution in [-0.4, -0.2) is 25.1 Å². The van der Waals surface area contributed by atoms with Crippen molar-refractivity contribution in [3.05, 3.63) is 10.4 Å². The molecule has 0 bridgehead atoms. The number of carbonyl (C=O) groups excluding carboxylic acids is 2. The van der Waals surface area contributed by atoms with Crippen LogP contribution in [0.2, 0.25) is 0 Å². The fourth-order valence-corrected chi connectivity index (χ4v) is 2.94. The van der Waals surface area contributed by atoms with Gasteiger partial charge in [-0.1, -0.05) is 0 Å². The number of carbonyl (C=O) groups is 2. The van der Waals surface area contributed by atoms with Gasteiger partial charge in [0.05, 0.1) is 21.9 Å². The largest absolute Gasteiger partial charge is 0.465 e. The number of hydrogen-bond acceptors (Lipinski definition) is 6. The van der Waals surface area contributed by atoms with Gasteiger partial charge in [-0.05, 0) is 6.26 Å². The van der Waals surface area contributed by atoms with Crippen LogP contribution >= 0.6 is 23.1 Å². The SMILES string of the molecule is COC(=O)c1c(SC)sc(C(C)=O)c1N. The highest BCUT2D eigenvalue weighted by Gasteiger charge is 2.23. The van der Waals surface area contributed by atoms with E-state index in [1.54, 1.807) is 0 Å². The van der Waals surface area contributed by atoms with E-state index < -0.39 is 5.97 Å². The number of ether oxygens (including phenoxy) is 1. The van der Waals surface area contributed by atoms with E-state index in [0.717, 1.165) is 0 Å². The van der Waals surface area contributed by atoms with Crippen LogP contribution in [0, 0.1) is 0 Å². The molecule has 0 aromatic carbocycles. The molecule has 0 radical (unpaired) electrons. The summed E-state index contributed by atoms with van der Waals surface area (Å²) in [7, 11) is 1.29. The van der Waals surface area contributed by atoms with Crippen molar-refractivity contribution in [2.45, 2.75) is 11.1 Å². The minimum Gasteiger partial charge on any atom is -0.465 e. The number of thioether (sulfide) groups is 1. The zero-order chi connectivity index (χ0) is 11.6. The molecule has 0 saturated carbocycles. The molecule has 1 aromatic rings. The Balaban J connectivity index is 3.36. The fraction of sp³-hybridized carbons (Fsp3) is 0.333. The molecule has 1 aromatic heterocycles. The van der Waals surface area contributed by atoms with Crippen molar-refractivity contribution >= 4 is 40.5 Å². The molecule has 0 unspecified atom stereocenters. The molecule has 82 valence electrons. The second-order valence-corrected chi connectivity index (χ2v) is 4.85. The molecule has 0 aliphatic carbocycles. The second kappa shape index (κ2) is 4.67. The number of methoxy groups -OCH3 is 1. The van der Waals surface area contributed by atoms with Gasteiger partial charge in [-0.25, -0.2) is 4.79 Å². The average molecular weight is 245 g/mol. The summed E-state index contributed by atoms with van der Waals surface area (Å²) in [4.78, 5) is 23.1. The number of nitrogens with two attached hydrogens (primary N) is 1. The highest BCUT2D eigenvalue weighted by Crippen LogP contribution is 2.37. The predicted molar refractivity (Wildman–Crippen MR) is 61.9 cm³/mol. The third-order valence-electron chi connectivity index (χ3n) is 1.81. The van der Waals surface area contributed by atoms with Gasteiger partial charge in [0.15, 0.2) is 5.78 Å². The van der Waals surface area contributed by atoms with Crippen molar-refractivity contribution in [1.82, 2.24) is 0 Å². The van der Waals surface area contributed by atoms with Crippen LogP contribution in [0.25, 0.3) is 0 Å². The maximum atomic E-state index is 11.4. The molecule has 4 nitrogen and oxygen atoms in total. The first-order valence-electron chi connectivity index (χ1n) is 4.08. The van der Waals surface area contributed by atoms with Gasteiger partial charge in [-0.3, -0.25) is 4.79 Å². The van der Waals surface area contributed by atoms with E-state index in [0.29, 0.717) is 14.6 Å². The Bertz CT molecular complexity index is 412. The Labute approximate surface area is 95.8 Å². The summed E-state index contributed by atoms with van der Waals surface area (Å²) in [6, 6.07) is 0. The standard InChI is InChI=1S/C9H11NO3S2/c1-4(11)7-6(10)5(8(12)13-2)9(14-3)15-7/h10H2,1-3H3. The first kappa shape index (κ1) is 12.1. The number of hydrogen-bond donors (Lipinski definition) is 1. The lowest BCUT2D eigenvalue weighted by atomic mass is 10.2. The summed E-state index contributed by atoms with van der Waals surface area (Å²) in [6.45, 7) is 1.42. The quantitative estimate of drug-likeness (QED) is 0.501. The lowest BCUT2D eigenvalue weighted by Crippen LogP contribution is -2.06. The molecule has 0 atom stereocenters. The second-order valence-electron chi connectivity index (χ2n) is 2.76. The smallest absolute Gasteiger partial charge is 0.342 e. The van der Waals surface area contributed by atoms with Gasteiger partial charge >= 0.3 is 5.97 Å². The lowest BCUT2D eigenvalue weighted by Gasteiger charge is -2.00. The summed E-state index contributed by atoms with van der Waals surface area (Å²) in [5.74, 6) is -0.636. The summed E-state index contributed by atoms with van der Waals surface area (Å²) >= 11 is 2.60. The molecule has 15 heavy (non-hydrogen) atoms. The molecular weight excluding hydrogens is 234 g/mol. The minimum atomic E-state index is -0.499. The number of rotatable bonds is 3. The summed E-state index contributed by atoms with van der Waals surface area (Å²) in [5, 5.41) is 0. The van der Waals surface area contributed by atoms with Gasteiger partial charge < -0.3 is 10.5 Å². The Kier molecular flexibility index (Phi) is 3.76. The molecule has 0 spiro atoms. The van der Waals surface area contributed by atoms with Crippen LogP contribution in [0.1, 0.15) is 27.0 Å². The van der Waals surface area contributed by atoms with Crippen molar-refractivity contribution in [1.29, 1.82) is 0 Å².